The fraction of sp³-hybridized carbons (Fsp3) is 0.529. The van der Waals surface area contributed by atoms with Crippen LogP contribution in [0.5, 0.6) is 5.75 Å². The van der Waals surface area contributed by atoms with Crippen molar-refractivity contribution in [3.8, 4) is 5.75 Å². The molecule has 6 nitrogen and oxygen atoms in total. The van der Waals surface area contributed by atoms with Gasteiger partial charge in [0.25, 0.3) is 0 Å². The Morgan fingerprint density at radius 2 is 2.17 bits per heavy atom. The number of fused-ring (bicyclic) bond motifs is 1. The van der Waals surface area contributed by atoms with Crippen LogP contribution in [0.2, 0.25) is 0 Å². The molecule has 6 heteroatoms. The van der Waals surface area contributed by atoms with Crippen LogP contribution in [-0.4, -0.2) is 39.8 Å². The smallest absolute Gasteiger partial charge is 0.435 e. The van der Waals surface area contributed by atoms with Crippen LogP contribution in [0.15, 0.2) is 18.2 Å². The van der Waals surface area contributed by atoms with E-state index in [1.807, 2.05) is 45.9 Å². The first-order valence-electron chi connectivity index (χ1n) is 7.81. The van der Waals surface area contributed by atoms with Gasteiger partial charge in [-0.2, -0.15) is 9.78 Å². The number of hydrogen-bond donors (Lipinski definition) is 0. The van der Waals surface area contributed by atoms with E-state index in [9.17, 15) is 4.79 Å². The second-order valence-electron chi connectivity index (χ2n) is 7.29. The van der Waals surface area contributed by atoms with E-state index in [2.05, 4.69) is 5.10 Å². The molecule has 1 spiro atoms. The highest BCUT2D eigenvalue weighted by atomic mass is 16.6. The summed E-state index contributed by atoms with van der Waals surface area (Å²) in [6.07, 6.45) is 0.557. The van der Waals surface area contributed by atoms with Gasteiger partial charge in [-0.1, -0.05) is 6.07 Å². The molecule has 0 amide bonds. The van der Waals surface area contributed by atoms with Crippen molar-refractivity contribution in [3.05, 3.63) is 23.9 Å². The summed E-state index contributed by atoms with van der Waals surface area (Å²) in [5, 5.41) is 5.19. The molecule has 1 aliphatic heterocycles. The van der Waals surface area contributed by atoms with E-state index in [0.29, 0.717) is 5.52 Å². The Bertz CT molecular complexity index is 799. The van der Waals surface area contributed by atoms with E-state index in [-0.39, 0.29) is 11.7 Å². The second-order valence-corrected chi connectivity index (χ2v) is 7.29. The molecule has 2 aliphatic rings. The Morgan fingerprint density at radius 1 is 1.43 bits per heavy atom. The zero-order valence-corrected chi connectivity index (χ0v) is 13.8. The lowest BCUT2D eigenvalue weighted by Gasteiger charge is -2.19. The standard InChI is InChI=1S/C17H20N2O4/c1-10-14-11(19(18-10)15(20)23-16(2,3)4)6-5-7-12(14)22-13-8-17(13)9-21-17/h5-7,13H,8-9H2,1-4H3/t13-,17?/m1/s1. The lowest BCUT2D eigenvalue weighted by Crippen LogP contribution is -2.27. The molecular formula is C17H20N2O4. The molecule has 1 saturated carbocycles. The highest BCUT2D eigenvalue weighted by molar-refractivity contribution is 5.93. The van der Waals surface area contributed by atoms with Crippen LogP contribution in [0, 0.1) is 6.92 Å². The molecule has 0 N–H and O–H groups in total. The minimum absolute atomic E-state index is 0.0305. The molecule has 2 aromatic rings. The van der Waals surface area contributed by atoms with Crippen molar-refractivity contribution in [1.82, 2.24) is 9.78 Å². The van der Waals surface area contributed by atoms with Crippen LogP contribution < -0.4 is 4.74 Å². The third-order valence-electron chi connectivity index (χ3n) is 4.15. The van der Waals surface area contributed by atoms with Gasteiger partial charge in [0.05, 0.1) is 23.2 Å². The van der Waals surface area contributed by atoms with Crippen molar-refractivity contribution in [1.29, 1.82) is 0 Å². The monoisotopic (exact) mass is 316 g/mol. The van der Waals surface area contributed by atoms with Crippen LogP contribution in [0.25, 0.3) is 10.9 Å². The van der Waals surface area contributed by atoms with Crippen molar-refractivity contribution in [3.63, 3.8) is 0 Å². The predicted octanol–water partition coefficient (Wildman–Crippen LogP) is 3.05. The average Bonchev–Trinajstić information content (AvgIpc) is 3.32. The molecule has 23 heavy (non-hydrogen) atoms. The first-order valence-corrected chi connectivity index (χ1v) is 7.81. The van der Waals surface area contributed by atoms with Crippen molar-refractivity contribution in [2.24, 2.45) is 0 Å². The third kappa shape index (κ3) is 2.47. The van der Waals surface area contributed by atoms with Gasteiger partial charge in [-0.25, -0.2) is 4.79 Å². The number of hydrogen-bond acceptors (Lipinski definition) is 5. The lowest BCUT2D eigenvalue weighted by molar-refractivity contribution is 0.0522. The van der Waals surface area contributed by atoms with E-state index in [0.717, 1.165) is 29.9 Å². The van der Waals surface area contributed by atoms with Crippen LogP contribution in [0.4, 0.5) is 4.79 Å². The second kappa shape index (κ2) is 4.47. The number of ether oxygens (including phenoxy) is 3. The molecule has 2 fully saturated rings. The number of rotatable bonds is 2. The first kappa shape index (κ1) is 14.5. The lowest BCUT2D eigenvalue weighted by atomic mass is 10.2. The molecule has 1 aromatic heterocycles. The number of aryl methyl sites for hydroxylation is 1. The molecule has 1 aliphatic carbocycles. The summed E-state index contributed by atoms with van der Waals surface area (Å²) < 4.78 is 18.2. The van der Waals surface area contributed by atoms with E-state index >= 15 is 0 Å². The molecular weight excluding hydrogens is 296 g/mol. The molecule has 0 bridgehead atoms. The van der Waals surface area contributed by atoms with Crippen LogP contribution in [0.3, 0.4) is 0 Å². The Kier molecular flexibility index (Phi) is 2.82. The number of carbonyl (C=O) groups is 1. The molecule has 1 saturated heterocycles. The van der Waals surface area contributed by atoms with Crippen LogP contribution in [-0.2, 0) is 9.47 Å². The highest BCUT2D eigenvalue weighted by Crippen LogP contribution is 2.53. The van der Waals surface area contributed by atoms with Crippen molar-refractivity contribution in [2.75, 3.05) is 6.61 Å². The van der Waals surface area contributed by atoms with Crippen molar-refractivity contribution in [2.45, 2.75) is 51.4 Å². The van der Waals surface area contributed by atoms with Crippen molar-refractivity contribution < 1.29 is 19.0 Å². The normalized spacial score (nSPS) is 25.7. The van der Waals surface area contributed by atoms with Crippen molar-refractivity contribution >= 4 is 17.0 Å². The topological polar surface area (TPSA) is 65.9 Å². The van der Waals surface area contributed by atoms with Gasteiger partial charge in [-0.05, 0) is 39.8 Å². The van der Waals surface area contributed by atoms with Gasteiger partial charge in [0.2, 0.25) is 0 Å². The number of carbonyl (C=O) groups excluding carboxylic acids is 1. The van der Waals surface area contributed by atoms with Gasteiger partial charge in [-0.3, -0.25) is 0 Å². The summed E-state index contributed by atoms with van der Waals surface area (Å²) in [5.74, 6) is 0.743. The van der Waals surface area contributed by atoms with Gasteiger partial charge in [-0.15, -0.1) is 0 Å². The summed E-state index contributed by atoms with van der Waals surface area (Å²) in [6.45, 7) is 8.15. The summed E-state index contributed by atoms with van der Waals surface area (Å²) in [4.78, 5) is 12.4. The molecule has 122 valence electrons. The van der Waals surface area contributed by atoms with Gasteiger partial charge in [0.1, 0.15) is 23.1 Å². The molecule has 2 atom stereocenters. The van der Waals surface area contributed by atoms with Gasteiger partial charge in [0.15, 0.2) is 0 Å². The summed E-state index contributed by atoms with van der Waals surface area (Å²) in [7, 11) is 0. The molecule has 1 unspecified atom stereocenters. The quantitative estimate of drug-likeness (QED) is 0.797. The zero-order chi connectivity index (χ0) is 16.4. The third-order valence-corrected chi connectivity index (χ3v) is 4.15. The maximum Gasteiger partial charge on any atom is 0.435 e. The summed E-state index contributed by atoms with van der Waals surface area (Å²) >= 11 is 0. The van der Waals surface area contributed by atoms with Gasteiger partial charge < -0.3 is 14.2 Å². The van der Waals surface area contributed by atoms with E-state index in [1.165, 1.54) is 4.68 Å². The molecule has 2 heterocycles. The fourth-order valence-corrected chi connectivity index (χ4v) is 2.81. The minimum Gasteiger partial charge on any atom is -0.486 e. The first-order chi connectivity index (χ1) is 10.8. The average molecular weight is 316 g/mol. The van der Waals surface area contributed by atoms with E-state index in [4.69, 9.17) is 14.2 Å². The minimum atomic E-state index is -0.568. The zero-order valence-electron chi connectivity index (χ0n) is 13.8. The van der Waals surface area contributed by atoms with E-state index in [1.54, 1.807) is 0 Å². The van der Waals surface area contributed by atoms with Gasteiger partial charge >= 0.3 is 6.09 Å². The Morgan fingerprint density at radius 3 is 2.78 bits per heavy atom. The Hall–Kier alpha value is -2.08. The number of nitrogens with zero attached hydrogens (tertiary/aromatic N) is 2. The van der Waals surface area contributed by atoms with Crippen LogP contribution >= 0.6 is 0 Å². The number of epoxide rings is 1. The highest BCUT2D eigenvalue weighted by Gasteiger charge is 2.68. The van der Waals surface area contributed by atoms with Gasteiger partial charge in [0, 0.05) is 6.42 Å². The molecule has 4 rings (SSSR count). The largest absolute Gasteiger partial charge is 0.486 e. The van der Waals surface area contributed by atoms with Crippen LogP contribution in [0.1, 0.15) is 32.9 Å². The molecule has 0 radical (unpaired) electrons. The number of aromatic nitrogens is 2. The molecule has 1 aromatic carbocycles. The maximum absolute atomic E-state index is 12.4. The SMILES string of the molecule is Cc1nn(C(=O)OC(C)(C)C)c2cccc(O[C@@H]3CC34CO4)c12. The number of benzene rings is 1. The maximum atomic E-state index is 12.4. The summed E-state index contributed by atoms with van der Waals surface area (Å²) in [6, 6.07) is 5.62. The summed E-state index contributed by atoms with van der Waals surface area (Å²) in [5.41, 5.74) is 0.840. The fourth-order valence-electron chi connectivity index (χ4n) is 2.81. The Labute approximate surface area is 134 Å². The van der Waals surface area contributed by atoms with E-state index < -0.39 is 11.7 Å². The Balaban J connectivity index is 1.69. The predicted molar refractivity (Wildman–Crippen MR) is 83.8 cm³/mol.